The first-order valence-corrected chi connectivity index (χ1v) is 18.3. The molecule has 0 radical (unpaired) electrons. The Kier molecular flexibility index (Phi) is 7.10. The fourth-order valence-corrected chi connectivity index (χ4v) is 9.39. The number of nitrogens with zero attached hydrogens (tertiary/aromatic N) is 3. The molecule has 0 N–H and O–H groups in total. The van der Waals surface area contributed by atoms with Gasteiger partial charge in [0.25, 0.3) is 0 Å². The first-order valence-electron chi connectivity index (χ1n) is 18.3. The molecule has 244 valence electrons. The van der Waals surface area contributed by atoms with E-state index in [0.717, 1.165) is 47.8 Å². The number of fused-ring (bicyclic) bond motifs is 7. The average Bonchev–Trinajstić information content (AvgIpc) is 3.64. The smallest absolute Gasteiger partial charge is 0.164 e. The van der Waals surface area contributed by atoms with Gasteiger partial charge in [0.15, 0.2) is 17.5 Å². The number of hydrogen-bond donors (Lipinski definition) is 0. The molecule has 0 aliphatic heterocycles. The molecule has 0 saturated carbocycles. The number of benzene rings is 6. The SMILES string of the molecule is CCC1(CC)c2ccccc2-c2ccc(-c3nc(-c4ccc5c(c4)C(CC)(CC)c4ccccc4-5)nc(-c4cccc5ccccc45)n3)cc21. The summed E-state index contributed by atoms with van der Waals surface area (Å²) >= 11 is 0. The van der Waals surface area contributed by atoms with Crippen LogP contribution in [0.4, 0.5) is 0 Å². The van der Waals surface area contributed by atoms with Crippen LogP contribution in [-0.4, -0.2) is 15.0 Å². The van der Waals surface area contributed by atoms with E-state index in [1.165, 1.54) is 49.9 Å². The minimum atomic E-state index is -0.0329. The van der Waals surface area contributed by atoms with Crippen molar-refractivity contribution in [3.63, 3.8) is 0 Å². The maximum atomic E-state index is 5.31. The first kappa shape index (κ1) is 30.6. The summed E-state index contributed by atoms with van der Waals surface area (Å²) in [5.74, 6) is 2.11. The molecule has 0 unspecified atom stereocenters. The van der Waals surface area contributed by atoms with Gasteiger partial charge in [0.2, 0.25) is 0 Å². The Morgan fingerprint density at radius 1 is 0.380 bits per heavy atom. The maximum Gasteiger partial charge on any atom is 0.164 e. The van der Waals surface area contributed by atoms with E-state index in [-0.39, 0.29) is 10.8 Å². The minimum Gasteiger partial charge on any atom is -0.208 e. The third-order valence-corrected chi connectivity index (χ3v) is 12.1. The van der Waals surface area contributed by atoms with Gasteiger partial charge in [-0.25, -0.2) is 15.0 Å². The molecule has 0 bridgehead atoms. The van der Waals surface area contributed by atoms with Crippen molar-refractivity contribution in [2.45, 2.75) is 64.2 Å². The zero-order valence-electron chi connectivity index (χ0n) is 29.3. The third kappa shape index (κ3) is 4.25. The van der Waals surface area contributed by atoms with Crippen molar-refractivity contribution in [2.24, 2.45) is 0 Å². The summed E-state index contributed by atoms with van der Waals surface area (Å²) in [5, 5.41) is 2.31. The molecular formula is C47H41N3. The standard InChI is InChI=1S/C47H41N3/c1-5-46(6-2)39-22-13-11-19-34(39)36-26-24-31(28-41(36)46)43-48-44(50-45(49-43)38-21-15-17-30-16-9-10-18-33(30)38)32-25-27-37-35-20-12-14-23-40(35)47(7-3,8-4)42(37)29-32/h9-29H,5-8H2,1-4H3. The molecule has 0 spiro atoms. The number of hydrogen-bond acceptors (Lipinski definition) is 3. The van der Waals surface area contributed by atoms with Gasteiger partial charge in [-0.15, -0.1) is 0 Å². The monoisotopic (exact) mass is 647 g/mol. The molecule has 3 heteroatoms. The Bertz CT molecular complexity index is 2310. The molecule has 9 rings (SSSR count). The quantitative estimate of drug-likeness (QED) is 0.173. The molecule has 7 aromatic rings. The van der Waals surface area contributed by atoms with E-state index in [9.17, 15) is 0 Å². The molecule has 6 aromatic carbocycles. The lowest BCUT2D eigenvalue weighted by Gasteiger charge is -2.30. The summed E-state index contributed by atoms with van der Waals surface area (Å²) in [6, 6.07) is 46.5. The van der Waals surface area contributed by atoms with Gasteiger partial charge < -0.3 is 0 Å². The number of aromatic nitrogens is 3. The normalized spacial score (nSPS) is 14.6. The van der Waals surface area contributed by atoms with Crippen LogP contribution in [0.5, 0.6) is 0 Å². The van der Waals surface area contributed by atoms with Gasteiger partial charge in [-0.3, -0.25) is 0 Å². The van der Waals surface area contributed by atoms with E-state index < -0.39 is 0 Å². The van der Waals surface area contributed by atoms with Gasteiger partial charge in [0.1, 0.15) is 0 Å². The lowest BCUT2D eigenvalue weighted by molar-refractivity contribution is 0.490. The number of rotatable bonds is 7. The molecule has 3 nitrogen and oxygen atoms in total. The summed E-state index contributed by atoms with van der Waals surface area (Å²) < 4.78 is 0. The topological polar surface area (TPSA) is 38.7 Å². The highest BCUT2D eigenvalue weighted by atomic mass is 15.0. The van der Waals surface area contributed by atoms with Gasteiger partial charge in [-0.2, -0.15) is 0 Å². The minimum absolute atomic E-state index is 0.0329. The van der Waals surface area contributed by atoms with Gasteiger partial charge >= 0.3 is 0 Å². The van der Waals surface area contributed by atoms with Gasteiger partial charge in [-0.1, -0.05) is 143 Å². The van der Waals surface area contributed by atoms with E-state index in [4.69, 9.17) is 15.0 Å². The molecular weight excluding hydrogens is 607 g/mol. The summed E-state index contributed by atoms with van der Waals surface area (Å²) in [5.41, 5.74) is 14.0. The van der Waals surface area contributed by atoms with Crippen LogP contribution in [0.1, 0.15) is 75.6 Å². The summed E-state index contributed by atoms with van der Waals surface area (Å²) in [7, 11) is 0. The Hall–Kier alpha value is -5.41. The van der Waals surface area contributed by atoms with Crippen molar-refractivity contribution in [3.05, 3.63) is 150 Å². The first-order chi connectivity index (χ1) is 24.5. The van der Waals surface area contributed by atoms with Crippen LogP contribution in [-0.2, 0) is 10.8 Å². The van der Waals surface area contributed by atoms with Crippen molar-refractivity contribution < 1.29 is 0 Å². The van der Waals surface area contributed by atoms with E-state index in [1.807, 2.05) is 0 Å². The van der Waals surface area contributed by atoms with Crippen molar-refractivity contribution in [1.82, 2.24) is 15.0 Å². The second-order valence-electron chi connectivity index (χ2n) is 14.0. The van der Waals surface area contributed by atoms with Crippen molar-refractivity contribution in [1.29, 1.82) is 0 Å². The summed E-state index contributed by atoms with van der Waals surface area (Å²) in [4.78, 5) is 15.8. The molecule has 0 atom stereocenters. The van der Waals surface area contributed by atoms with Crippen LogP contribution < -0.4 is 0 Å². The second kappa shape index (κ2) is 11.6. The van der Waals surface area contributed by atoms with Crippen LogP contribution in [0.25, 0.3) is 67.2 Å². The Morgan fingerprint density at radius 2 is 0.800 bits per heavy atom. The van der Waals surface area contributed by atoms with Crippen molar-refractivity contribution in [2.75, 3.05) is 0 Å². The zero-order valence-corrected chi connectivity index (χ0v) is 29.3. The molecule has 1 heterocycles. The zero-order chi connectivity index (χ0) is 34.0. The lowest BCUT2D eigenvalue weighted by atomic mass is 9.73. The predicted molar refractivity (Wildman–Crippen MR) is 207 cm³/mol. The highest BCUT2D eigenvalue weighted by Crippen LogP contribution is 2.54. The van der Waals surface area contributed by atoms with Crippen LogP contribution in [0.2, 0.25) is 0 Å². The van der Waals surface area contributed by atoms with E-state index in [2.05, 4.69) is 155 Å². The highest BCUT2D eigenvalue weighted by molar-refractivity contribution is 5.95. The average molecular weight is 648 g/mol. The highest BCUT2D eigenvalue weighted by Gasteiger charge is 2.42. The summed E-state index contributed by atoms with van der Waals surface area (Å²) in [6.45, 7) is 9.28. The van der Waals surface area contributed by atoms with Crippen LogP contribution in [0, 0.1) is 0 Å². The van der Waals surface area contributed by atoms with E-state index >= 15 is 0 Å². The van der Waals surface area contributed by atoms with Crippen LogP contribution >= 0.6 is 0 Å². The molecule has 0 fully saturated rings. The van der Waals surface area contributed by atoms with Gasteiger partial charge in [0.05, 0.1) is 0 Å². The largest absolute Gasteiger partial charge is 0.208 e. The fourth-order valence-electron chi connectivity index (χ4n) is 9.39. The molecule has 50 heavy (non-hydrogen) atoms. The Morgan fingerprint density at radius 3 is 1.34 bits per heavy atom. The van der Waals surface area contributed by atoms with Gasteiger partial charge in [0, 0.05) is 27.5 Å². The van der Waals surface area contributed by atoms with Crippen molar-refractivity contribution >= 4 is 10.8 Å². The van der Waals surface area contributed by atoms with E-state index in [0.29, 0.717) is 17.5 Å². The second-order valence-corrected chi connectivity index (χ2v) is 14.0. The molecule has 1 aromatic heterocycles. The van der Waals surface area contributed by atoms with Crippen LogP contribution in [0.15, 0.2) is 127 Å². The summed E-state index contributed by atoms with van der Waals surface area (Å²) in [6.07, 6.45) is 4.15. The van der Waals surface area contributed by atoms with E-state index in [1.54, 1.807) is 0 Å². The Labute approximate surface area is 295 Å². The van der Waals surface area contributed by atoms with Crippen LogP contribution in [0.3, 0.4) is 0 Å². The Balaban J connectivity index is 1.27. The van der Waals surface area contributed by atoms with Gasteiger partial charge in [-0.05, 0) is 93.1 Å². The third-order valence-electron chi connectivity index (χ3n) is 12.1. The molecule has 0 amide bonds. The molecule has 2 aliphatic rings. The lowest BCUT2D eigenvalue weighted by Crippen LogP contribution is -2.23. The van der Waals surface area contributed by atoms with Crippen molar-refractivity contribution in [3.8, 4) is 56.4 Å². The molecule has 2 aliphatic carbocycles. The predicted octanol–water partition coefficient (Wildman–Crippen LogP) is 12.2. The maximum absolute atomic E-state index is 5.31. The fraction of sp³-hybridized carbons (Fsp3) is 0.213. The molecule has 0 saturated heterocycles.